The van der Waals surface area contributed by atoms with E-state index in [1.54, 1.807) is 13.0 Å². The SMILES string of the molecule is Cc1sc2ncn(CC(=O)NC[C@H]3COc4ccccc4O3)c(=O)c2c1S(=O)(=O)N1CCC(C)CC1. The van der Waals surface area contributed by atoms with E-state index in [0.717, 1.165) is 17.4 Å². The van der Waals surface area contributed by atoms with Gasteiger partial charge in [0, 0.05) is 18.0 Å². The summed E-state index contributed by atoms with van der Waals surface area (Å²) in [7, 11) is -3.86. The topological polar surface area (TPSA) is 120 Å². The van der Waals surface area contributed by atoms with E-state index in [0.29, 0.717) is 40.2 Å². The molecule has 0 spiro atoms. The Morgan fingerprint density at radius 3 is 2.69 bits per heavy atom. The van der Waals surface area contributed by atoms with Gasteiger partial charge in [-0.25, -0.2) is 13.4 Å². The number of piperidine rings is 1. The predicted molar refractivity (Wildman–Crippen MR) is 135 cm³/mol. The van der Waals surface area contributed by atoms with E-state index in [2.05, 4.69) is 17.2 Å². The number of fused-ring (bicyclic) bond motifs is 2. The second kappa shape index (κ2) is 9.83. The van der Waals surface area contributed by atoms with Gasteiger partial charge < -0.3 is 14.8 Å². The van der Waals surface area contributed by atoms with E-state index in [-0.39, 0.29) is 36.1 Å². The van der Waals surface area contributed by atoms with E-state index in [1.807, 2.05) is 18.2 Å². The summed E-state index contributed by atoms with van der Waals surface area (Å²) in [5, 5.41) is 2.81. The van der Waals surface area contributed by atoms with E-state index < -0.39 is 21.5 Å². The molecule has 1 saturated heterocycles. The summed E-state index contributed by atoms with van der Waals surface area (Å²) < 4.78 is 41.1. The van der Waals surface area contributed by atoms with Crippen LogP contribution < -0.4 is 20.3 Å². The number of carbonyl (C=O) groups is 1. The lowest BCUT2D eigenvalue weighted by Crippen LogP contribution is -2.42. The van der Waals surface area contributed by atoms with Crippen molar-refractivity contribution in [1.29, 1.82) is 0 Å². The normalized spacial score (nSPS) is 18.9. The van der Waals surface area contributed by atoms with Crippen LogP contribution in [0.5, 0.6) is 11.5 Å². The molecule has 192 valence electrons. The Bertz CT molecular complexity index is 1460. The highest BCUT2D eigenvalue weighted by atomic mass is 32.2. The maximum atomic E-state index is 13.5. The molecular weight excluding hydrogens is 504 g/mol. The Morgan fingerprint density at radius 1 is 1.22 bits per heavy atom. The minimum Gasteiger partial charge on any atom is -0.486 e. The fourth-order valence-electron chi connectivity index (χ4n) is 4.49. The number of para-hydroxylation sites is 2. The summed E-state index contributed by atoms with van der Waals surface area (Å²) in [5.41, 5.74) is -0.547. The van der Waals surface area contributed by atoms with Crippen LogP contribution in [-0.4, -0.2) is 60.5 Å². The number of ether oxygens (including phenoxy) is 2. The molecule has 2 aromatic heterocycles. The second-order valence-corrected chi connectivity index (χ2v) is 12.3. The van der Waals surface area contributed by atoms with E-state index in [1.165, 1.54) is 22.0 Å². The Labute approximate surface area is 212 Å². The minimum absolute atomic E-state index is 0.00994. The van der Waals surface area contributed by atoms with Crippen LogP contribution >= 0.6 is 11.3 Å². The van der Waals surface area contributed by atoms with Crippen molar-refractivity contribution >= 4 is 37.5 Å². The van der Waals surface area contributed by atoms with Crippen molar-refractivity contribution in [3.63, 3.8) is 0 Å². The highest BCUT2D eigenvalue weighted by Gasteiger charge is 2.33. The van der Waals surface area contributed by atoms with Gasteiger partial charge in [0.1, 0.15) is 29.0 Å². The lowest BCUT2D eigenvalue weighted by atomic mass is 10.0. The number of carbonyl (C=O) groups excluding carboxylic acids is 1. The van der Waals surface area contributed by atoms with E-state index in [9.17, 15) is 18.0 Å². The predicted octanol–water partition coefficient (Wildman–Crippen LogP) is 2.14. The molecule has 1 aromatic carbocycles. The fraction of sp³-hybridized carbons (Fsp3) is 0.458. The van der Waals surface area contributed by atoms with Crippen molar-refractivity contribution in [2.45, 2.75) is 44.2 Å². The highest BCUT2D eigenvalue weighted by Crippen LogP contribution is 2.34. The zero-order valence-corrected chi connectivity index (χ0v) is 21.7. The molecule has 1 amide bonds. The monoisotopic (exact) mass is 532 g/mol. The van der Waals surface area contributed by atoms with Gasteiger partial charge in [-0.15, -0.1) is 11.3 Å². The van der Waals surface area contributed by atoms with Gasteiger partial charge in [0.25, 0.3) is 5.56 Å². The van der Waals surface area contributed by atoms with Crippen LogP contribution in [0.2, 0.25) is 0 Å². The van der Waals surface area contributed by atoms with Crippen molar-refractivity contribution < 1.29 is 22.7 Å². The maximum Gasteiger partial charge on any atom is 0.263 e. The standard InChI is InChI=1S/C24H28N4O6S2/c1-15-7-9-28(10-8-15)36(31,32)22-16(2)35-23-21(22)24(30)27(14-26-23)12-20(29)25-11-17-13-33-18-5-3-4-6-19(18)34-17/h3-6,14-15,17H,7-13H2,1-2H3,(H,25,29)/t17-/m0/s1. The first-order chi connectivity index (χ1) is 17.2. The molecule has 12 heteroatoms. The number of nitrogens with zero attached hydrogens (tertiary/aromatic N) is 3. The lowest BCUT2D eigenvalue weighted by molar-refractivity contribution is -0.122. The molecule has 10 nitrogen and oxygen atoms in total. The van der Waals surface area contributed by atoms with E-state index >= 15 is 0 Å². The van der Waals surface area contributed by atoms with Gasteiger partial charge in [0.15, 0.2) is 11.5 Å². The third kappa shape index (κ3) is 4.72. The Balaban J connectivity index is 1.32. The van der Waals surface area contributed by atoms with Crippen LogP contribution in [0.15, 0.2) is 40.3 Å². The molecule has 1 atom stereocenters. The van der Waals surface area contributed by atoms with Crippen LogP contribution in [0.4, 0.5) is 0 Å². The van der Waals surface area contributed by atoms with Crippen LogP contribution in [0.25, 0.3) is 10.2 Å². The molecule has 3 aromatic rings. The number of aryl methyl sites for hydroxylation is 1. The number of thiophene rings is 1. The van der Waals surface area contributed by atoms with Gasteiger partial charge in [-0.05, 0) is 37.8 Å². The number of aromatic nitrogens is 2. The van der Waals surface area contributed by atoms with Crippen LogP contribution in [-0.2, 0) is 21.4 Å². The molecular formula is C24H28N4O6S2. The third-order valence-corrected chi connectivity index (χ3v) is 9.76. The molecule has 2 aliphatic rings. The average Bonchev–Trinajstić information content (AvgIpc) is 3.22. The number of rotatable bonds is 6. The van der Waals surface area contributed by atoms with Gasteiger partial charge in [-0.2, -0.15) is 4.31 Å². The highest BCUT2D eigenvalue weighted by molar-refractivity contribution is 7.89. The Morgan fingerprint density at radius 2 is 1.94 bits per heavy atom. The molecule has 0 saturated carbocycles. The lowest BCUT2D eigenvalue weighted by Gasteiger charge is -2.29. The molecule has 0 unspecified atom stereocenters. The summed E-state index contributed by atoms with van der Waals surface area (Å²) in [5.74, 6) is 1.32. The fourth-order valence-corrected chi connectivity index (χ4v) is 7.63. The number of hydrogen-bond donors (Lipinski definition) is 1. The first-order valence-electron chi connectivity index (χ1n) is 11.9. The molecule has 1 fully saturated rings. The Hall–Kier alpha value is -2.96. The molecule has 5 rings (SSSR count). The number of sulfonamides is 1. The zero-order chi connectivity index (χ0) is 25.4. The minimum atomic E-state index is -3.86. The van der Waals surface area contributed by atoms with E-state index in [4.69, 9.17) is 9.47 Å². The van der Waals surface area contributed by atoms with Crippen molar-refractivity contribution in [3.8, 4) is 11.5 Å². The van der Waals surface area contributed by atoms with Crippen molar-refractivity contribution in [3.05, 3.63) is 45.8 Å². The number of amides is 1. The van der Waals surface area contributed by atoms with Crippen molar-refractivity contribution in [1.82, 2.24) is 19.2 Å². The largest absolute Gasteiger partial charge is 0.486 e. The average molecular weight is 533 g/mol. The summed E-state index contributed by atoms with van der Waals surface area (Å²) >= 11 is 1.17. The molecule has 36 heavy (non-hydrogen) atoms. The molecule has 0 aliphatic carbocycles. The number of benzene rings is 1. The van der Waals surface area contributed by atoms with Crippen molar-refractivity contribution in [2.75, 3.05) is 26.2 Å². The first kappa shape index (κ1) is 24.7. The maximum absolute atomic E-state index is 13.5. The van der Waals surface area contributed by atoms with Crippen LogP contribution in [0.3, 0.4) is 0 Å². The number of hydrogen-bond acceptors (Lipinski definition) is 8. The summed E-state index contributed by atoms with van der Waals surface area (Å²) in [6, 6.07) is 7.30. The summed E-state index contributed by atoms with van der Waals surface area (Å²) in [6.07, 6.45) is 2.48. The van der Waals surface area contributed by atoms with Crippen LogP contribution in [0.1, 0.15) is 24.6 Å². The second-order valence-electron chi connectivity index (χ2n) is 9.23. The zero-order valence-electron chi connectivity index (χ0n) is 20.1. The van der Waals surface area contributed by atoms with Gasteiger partial charge >= 0.3 is 0 Å². The third-order valence-electron chi connectivity index (χ3n) is 6.55. The van der Waals surface area contributed by atoms with Gasteiger partial charge in [-0.3, -0.25) is 14.2 Å². The molecule has 0 radical (unpaired) electrons. The Kier molecular flexibility index (Phi) is 6.75. The number of nitrogens with one attached hydrogen (secondary N) is 1. The quantitative estimate of drug-likeness (QED) is 0.517. The smallest absolute Gasteiger partial charge is 0.263 e. The van der Waals surface area contributed by atoms with Gasteiger partial charge in [0.2, 0.25) is 15.9 Å². The van der Waals surface area contributed by atoms with Gasteiger partial charge in [0.05, 0.1) is 18.3 Å². The summed E-state index contributed by atoms with van der Waals surface area (Å²) in [6.45, 7) is 4.84. The molecule has 2 aliphatic heterocycles. The molecule has 0 bridgehead atoms. The van der Waals surface area contributed by atoms with Crippen molar-refractivity contribution in [2.24, 2.45) is 5.92 Å². The van der Waals surface area contributed by atoms with Gasteiger partial charge in [-0.1, -0.05) is 19.1 Å². The molecule has 1 N–H and O–H groups in total. The summed E-state index contributed by atoms with van der Waals surface area (Å²) in [4.78, 5) is 31.2. The molecule has 4 heterocycles. The first-order valence-corrected chi connectivity index (χ1v) is 14.1. The van der Waals surface area contributed by atoms with Crippen LogP contribution in [0, 0.1) is 12.8 Å².